The van der Waals surface area contributed by atoms with E-state index in [0.717, 1.165) is 0 Å². The summed E-state index contributed by atoms with van der Waals surface area (Å²) in [5.41, 5.74) is 27.6. The number of nitrogens with zero attached hydrogens (tertiary/aromatic N) is 2. The van der Waals surface area contributed by atoms with E-state index in [4.69, 9.17) is 43.7 Å². The first-order chi connectivity index (χ1) is 28.1. The number of alkyl halides is 3. The number of aliphatic hydroxyl groups is 1. The number of aliphatic hydroxyl groups excluding tert-OH is 1. The maximum absolute atomic E-state index is 13.6. The second-order valence-electron chi connectivity index (χ2n) is 14.3. The lowest BCUT2D eigenvalue weighted by Crippen LogP contribution is -2.59. The predicted octanol–water partition coefficient (Wildman–Crippen LogP) is -4.22. The Morgan fingerprint density at radius 3 is 1.38 bits per heavy atom. The van der Waals surface area contributed by atoms with Crippen LogP contribution in [0.25, 0.3) is 0 Å². The molecule has 0 aliphatic carbocycles. The molecule has 0 saturated carbocycles. The molecule has 6 atom stereocenters. The molecule has 0 bridgehead atoms. The van der Waals surface area contributed by atoms with Crippen molar-refractivity contribution in [1.82, 2.24) is 31.9 Å². The Kier molecular flexibility index (Phi) is 27.4. The number of rotatable bonds is 26. The van der Waals surface area contributed by atoms with Crippen LogP contribution in [0.3, 0.4) is 0 Å². The van der Waals surface area contributed by atoms with E-state index >= 15 is 0 Å². The number of nitrogens with one attached hydrogen (secondary N) is 6. The summed E-state index contributed by atoms with van der Waals surface area (Å²) in [5, 5.41) is 40.5. The van der Waals surface area contributed by atoms with E-state index in [0.29, 0.717) is 6.42 Å². The summed E-state index contributed by atoms with van der Waals surface area (Å²) in [4.78, 5) is 106. The number of hydrogen-bond acceptors (Lipinski definition) is 12. The molecule has 19 N–H and O–H groups in total. The number of hydrogen-bond donors (Lipinski definition) is 14. The average molecular weight is 886 g/mol. The molecular formula is C34H62F3N13O11. The van der Waals surface area contributed by atoms with Crippen LogP contribution in [-0.2, 0) is 38.4 Å². The fraction of sp³-hybridized carbons (Fsp3) is 0.706. The molecule has 0 spiro atoms. The summed E-state index contributed by atoms with van der Waals surface area (Å²) in [6.07, 6.45) is -4.05. The third-order valence-electron chi connectivity index (χ3n) is 7.78. The quantitative estimate of drug-likeness (QED) is 0.0222. The van der Waals surface area contributed by atoms with Gasteiger partial charge in [0, 0.05) is 13.1 Å². The SMILES string of the molecule is CC(C)C[C@H](NC(=O)[C@H](CO)NC(=O)[C@H](C)NC(=O)[C@H](CCCN=C(N)N)NC(=O)[C@H](CCCN=C(N)N)NC(=O)[C@@H](N)CC(C)C)C(=O)NCC(=O)O.O=C(O)C(F)(F)F. The zero-order valence-electron chi connectivity index (χ0n) is 34.7. The summed E-state index contributed by atoms with van der Waals surface area (Å²) in [6, 6.07) is -7.36. The van der Waals surface area contributed by atoms with Gasteiger partial charge in [-0.05, 0) is 57.3 Å². The molecule has 0 radical (unpaired) electrons. The number of aliphatic imine (C=N–C) groups is 2. The number of carbonyl (C=O) groups is 8. The largest absolute Gasteiger partial charge is 0.490 e. The highest BCUT2D eigenvalue weighted by Gasteiger charge is 2.38. The Labute approximate surface area is 350 Å². The van der Waals surface area contributed by atoms with Crippen LogP contribution in [0.5, 0.6) is 0 Å². The molecule has 0 saturated heterocycles. The van der Waals surface area contributed by atoms with Crippen LogP contribution in [-0.4, -0.2) is 143 Å². The number of carboxylic acid groups (broad SMARTS) is 2. The van der Waals surface area contributed by atoms with Crippen molar-refractivity contribution >= 4 is 59.3 Å². The number of carboxylic acids is 2. The summed E-state index contributed by atoms with van der Waals surface area (Å²) < 4.78 is 31.7. The first kappa shape index (κ1) is 57.1. The fourth-order valence-electron chi connectivity index (χ4n) is 4.84. The Hall–Kier alpha value is -5.99. The molecule has 0 aliphatic heterocycles. The van der Waals surface area contributed by atoms with Gasteiger partial charge in [-0.3, -0.25) is 43.5 Å². The van der Waals surface area contributed by atoms with Crippen LogP contribution < -0.4 is 60.6 Å². The predicted molar refractivity (Wildman–Crippen MR) is 213 cm³/mol. The highest BCUT2D eigenvalue weighted by Crippen LogP contribution is 2.13. The standard InChI is InChI=1S/C32H61N13O9.C2HF3O2/c1-16(2)12-19(33)26(50)42-21(9-7-11-39-32(36)37)29(53)43-20(8-6-10-38-31(34)35)28(52)41-18(5)25(49)45-23(15-46)30(54)44-22(13-17(3)4)27(51)40-14-24(47)48;3-2(4,5)1(6)7/h16-23,46H,6-15,33H2,1-5H3,(H,40,51)(H,41,52)(H,42,50)(H,43,53)(H,44,54)(H,45,49)(H,47,48)(H4,34,35,38)(H4,36,37,39);(H,6,7)/t18-,19-,20-,21-,22-,23-;/m0./s1. The second-order valence-corrected chi connectivity index (χ2v) is 14.3. The summed E-state index contributed by atoms with van der Waals surface area (Å²) in [5.74, 6) is -9.14. The van der Waals surface area contributed by atoms with Crippen molar-refractivity contribution < 1.29 is 66.8 Å². The molecule has 0 rings (SSSR count). The second kappa shape index (κ2) is 29.3. The van der Waals surface area contributed by atoms with Gasteiger partial charge in [-0.1, -0.05) is 27.7 Å². The highest BCUT2D eigenvalue weighted by atomic mass is 19.4. The van der Waals surface area contributed by atoms with E-state index in [9.17, 15) is 51.8 Å². The monoisotopic (exact) mass is 885 g/mol. The van der Waals surface area contributed by atoms with Crippen LogP contribution in [0.2, 0.25) is 0 Å². The minimum Gasteiger partial charge on any atom is -0.480 e. The lowest BCUT2D eigenvalue weighted by Gasteiger charge is -2.26. The smallest absolute Gasteiger partial charge is 0.480 e. The molecule has 0 heterocycles. The van der Waals surface area contributed by atoms with Crippen LogP contribution in [0.15, 0.2) is 9.98 Å². The first-order valence-electron chi connectivity index (χ1n) is 18.9. The zero-order chi connectivity index (χ0) is 47.6. The van der Waals surface area contributed by atoms with Crippen molar-refractivity contribution in [2.75, 3.05) is 26.2 Å². The number of aliphatic carboxylic acids is 2. The number of guanidine groups is 2. The van der Waals surface area contributed by atoms with E-state index in [2.05, 4.69) is 41.9 Å². The molecule has 6 amide bonds. The minimum absolute atomic E-state index is 0.00687. The summed E-state index contributed by atoms with van der Waals surface area (Å²) >= 11 is 0. The van der Waals surface area contributed by atoms with Gasteiger partial charge in [-0.2, -0.15) is 13.2 Å². The Morgan fingerprint density at radius 1 is 0.590 bits per heavy atom. The third kappa shape index (κ3) is 27.4. The van der Waals surface area contributed by atoms with Gasteiger partial charge in [-0.25, -0.2) is 4.79 Å². The van der Waals surface area contributed by atoms with Crippen LogP contribution in [0.4, 0.5) is 13.2 Å². The molecule has 0 unspecified atom stereocenters. The lowest BCUT2D eigenvalue weighted by molar-refractivity contribution is -0.192. The normalized spacial score (nSPS) is 13.9. The Bertz CT molecular complexity index is 1520. The minimum atomic E-state index is -5.08. The van der Waals surface area contributed by atoms with Crippen molar-refractivity contribution in [3.63, 3.8) is 0 Å². The van der Waals surface area contributed by atoms with Gasteiger partial charge in [0.15, 0.2) is 11.9 Å². The molecule has 0 aromatic rings. The van der Waals surface area contributed by atoms with Gasteiger partial charge in [0.2, 0.25) is 35.4 Å². The van der Waals surface area contributed by atoms with Crippen LogP contribution >= 0.6 is 0 Å². The van der Waals surface area contributed by atoms with Crippen LogP contribution in [0.1, 0.15) is 73.1 Å². The fourth-order valence-corrected chi connectivity index (χ4v) is 4.84. The molecule has 0 aromatic heterocycles. The topological polar surface area (TPSA) is 424 Å². The third-order valence-corrected chi connectivity index (χ3v) is 7.78. The molecule has 0 aliphatic rings. The summed E-state index contributed by atoms with van der Waals surface area (Å²) in [6.45, 7) is 7.28. The van der Waals surface area contributed by atoms with E-state index in [1.807, 2.05) is 13.8 Å². The first-order valence-corrected chi connectivity index (χ1v) is 18.9. The van der Waals surface area contributed by atoms with Gasteiger partial charge >= 0.3 is 18.1 Å². The van der Waals surface area contributed by atoms with Crippen molar-refractivity contribution in [2.24, 2.45) is 50.5 Å². The van der Waals surface area contributed by atoms with Crippen LogP contribution in [0, 0.1) is 11.8 Å². The number of nitrogens with two attached hydrogens (primary N) is 5. The van der Waals surface area contributed by atoms with Crippen molar-refractivity contribution in [3.05, 3.63) is 0 Å². The van der Waals surface area contributed by atoms with Gasteiger partial charge in [-0.15, -0.1) is 0 Å². The van der Waals surface area contributed by atoms with E-state index in [-0.39, 0.29) is 68.9 Å². The van der Waals surface area contributed by atoms with Crippen molar-refractivity contribution in [1.29, 1.82) is 0 Å². The van der Waals surface area contributed by atoms with Crippen molar-refractivity contribution in [3.8, 4) is 0 Å². The Morgan fingerprint density at radius 2 is 0.984 bits per heavy atom. The highest BCUT2D eigenvalue weighted by molar-refractivity contribution is 5.96. The van der Waals surface area contributed by atoms with Crippen molar-refractivity contribution in [2.45, 2.75) is 116 Å². The van der Waals surface area contributed by atoms with E-state index in [1.54, 1.807) is 13.8 Å². The lowest BCUT2D eigenvalue weighted by atomic mass is 10.0. The van der Waals surface area contributed by atoms with Gasteiger partial charge < -0.3 is 75.9 Å². The maximum Gasteiger partial charge on any atom is 0.490 e. The van der Waals surface area contributed by atoms with Gasteiger partial charge in [0.05, 0.1) is 12.6 Å². The molecule has 27 heteroatoms. The number of amides is 6. The van der Waals surface area contributed by atoms with Gasteiger partial charge in [0.25, 0.3) is 0 Å². The maximum atomic E-state index is 13.6. The number of halogens is 3. The molecular weight excluding hydrogens is 823 g/mol. The molecule has 0 aromatic carbocycles. The molecule has 350 valence electrons. The van der Waals surface area contributed by atoms with Gasteiger partial charge in [0.1, 0.15) is 36.8 Å². The molecule has 0 fully saturated rings. The molecule has 61 heavy (non-hydrogen) atoms. The van der Waals surface area contributed by atoms with E-state index in [1.165, 1.54) is 6.92 Å². The summed E-state index contributed by atoms with van der Waals surface area (Å²) in [7, 11) is 0. The van der Waals surface area contributed by atoms with E-state index < -0.39 is 103 Å². The average Bonchev–Trinajstić information content (AvgIpc) is 3.13. The zero-order valence-corrected chi connectivity index (χ0v) is 34.7. The Balaban J connectivity index is 0. The number of carbonyl (C=O) groups excluding carboxylic acids is 6. The molecule has 24 nitrogen and oxygen atoms in total.